The van der Waals surface area contributed by atoms with Gasteiger partial charge in [-0.15, -0.1) is 0 Å². The lowest BCUT2D eigenvalue weighted by molar-refractivity contribution is 0.0785. The molecule has 3 N–H and O–H groups in total. The van der Waals surface area contributed by atoms with Crippen molar-refractivity contribution in [1.29, 1.82) is 0 Å². The molecule has 2 aromatic rings. The smallest absolute Gasteiger partial charge is 0.255 e. The van der Waals surface area contributed by atoms with Crippen molar-refractivity contribution in [3.63, 3.8) is 0 Å². The van der Waals surface area contributed by atoms with Crippen LogP contribution in [0.15, 0.2) is 42.6 Å². The zero-order chi connectivity index (χ0) is 14.5. The minimum Gasteiger partial charge on any atom is -0.337 e. The highest BCUT2D eigenvalue weighted by molar-refractivity contribution is 6.31. The van der Waals surface area contributed by atoms with Gasteiger partial charge in [0, 0.05) is 24.8 Å². The molecule has 0 saturated carbocycles. The van der Waals surface area contributed by atoms with E-state index in [0.717, 1.165) is 5.56 Å². The molecule has 0 saturated heterocycles. The molecule has 1 heterocycles. The van der Waals surface area contributed by atoms with E-state index in [0.29, 0.717) is 22.9 Å². The van der Waals surface area contributed by atoms with Crippen LogP contribution < -0.4 is 11.3 Å². The first-order valence-electron chi connectivity index (χ1n) is 6.03. The molecule has 0 atom stereocenters. The second-order valence-electron chi connectivity index (χ2n) is 4.33. The molecule has 0 bridgehead atoms. The van der Waals surface area contributed by atoms with Crippen LogP contribution in [0.2, 0.25) is 5.02 Å². The summed E-state index contributed by atoms with van der Waals surface area (Å²) in [6, 6.07) is 10.8. The molecule has 1 aromatic carbocycles. The van der Waals surface area contributed by atoms with Crippen molar-refractivity contribution in [1.82, 2.24) is 9.88 Å². The van der Waals surface area contributed by atoms with E-state index in [1.165, 1.54) is 6.20 Å². The quantitative estimate of drug-likeness (QED) is 0.669. The normalized spacial score (nSPS) is 10.2. The first-order chi connectivity index (χ1) is 9.61. The average Bonchev–Trinajstić information content (AvgIpc) is 2.49. The van der Waals surface area contributed by atoms with Crippen molar-refractivity contribution in [3.05, 3.63) is 58.7 Å². The molecule has 6 heteroatoms. The van der Waals surface area contributed by atoms with Gasteiger partial charge in [0.15, 0.2) is 0 Å². The number of carbonyl (C=O) groups is 1. The lowest BCUT2D eigenvalue weighted by Crippen LogP contribution is -2.26. The van der Waals surface area contributed by atoms with Crippen LogP contribution in [0.5, 0.6) is 0 Å². The second kappa shape index (κ2) is 6.36. The standard InChI is InChI=1S/C14H15ClN4O/c1-19(9-11-4-2-3-5-12(11)15)14(20)10-6-7-13(18-16)17-8-10/h2-8H,9,16H2,1H3,(H,17,18). The number of nitrogens with two attached hydrogens (primary N) is 1. The first kappa shape index (κ1) is 14.3. The van der Waals surface area contributed by atoms with Crippen LogP contribution in [-0.2, 0) is 6.54 Å². The molecule has 0 aliphatic rings. The number of nitrogens with one attached hydrogen (secondary N) is 1. The zero-order valence-corrected chi connectivity index (χ0v) is 11.8. The number of halogens is 1. The van der Waals surface area contributed by atoms with Crippen LogP contribution in [0.25, 0.3) is 0 Å². The Morgan fingerprint density at radius 2 is 2.10 bits per heavy atom. The summed E-state index contributed by atoms with van der Waals surface area (Å²) in [6.45, 7) is 0.440. The van der Waals surface area contributed by atoms with Gasteiger partial charge in [0.1, 0.15) is 5.82 Å². The van der Waals surface area contributed by atoms with Crippen LogP contribution in [0.1, 0.15) is 15.9 Å². The van der Waals surface area contributed by atoms with Crippen LogP contribution in [0.3, 0.4) is 0 Å². The summed E-state index contributed by atoms with van der Waals surface area (Å²) in [5.74, 6) is 5.62. The van der Waals surface area contributed by atoms with E-state index >= 15 is 0 Å². The Morgan fingerprint density at radius 1 is 1.35 bits per heavy atom. The summed E-state index contributed by atoms with van der Waals surface area (Å²) in [5, 5.41) is 0.646. The third-order valence-electron chi connectivity index (χ3n) is 2.87. The Labute approximate surface area is 122 Å². The van der Waals surface area contributed by atoms with Gasteiger partial charge in [-0.25, -0.2) is 10.8 Å². The van der Waals surface area contributed by atoms with Gasteiger partial charge < -0.3 is 10.3 Å². The maximum atomic E-state index is 12.3. The van der Waals surface area contributed by atoms with Crippen molar-refractivity contribution in [3.8, 4) is 0 Å². The Balaban J connectivity index is 2.10. The fraction of sp³-hybridized carbons (Fsp3) is 0.143. The maximum absolute atomic E-state index is 12.3. The number of hydrazine groups is 1. The number of carbonyl (C=O) groups excluding carboxylic acids is 1. The van der Waals surface area contributed by atoms with Gasteiger partial charge in [0.05, 0.1) is 5.56 Å². The minimum absolute atomic E-state index is 0.124. The molecular formula is C14H15ClN4O. The molecule has 1 amide bonds. The average molecular weight is 291 g/mol. The van der Waals surface area contributed by atoms with Crippen molar-refractivity contribution in [2.45, 2.75) is 6.54 Å². The van der Waals surface area contributed by atoms with Crippen molar-refractivity contribution in [2.75, 3.05) is 12.5 Å². The van der Waals surface area contributed by atoms with Crippen LogP contribution in [0, 0.1) is 0 Å². The number of hydrogen-bond donors (Lipinski definition) is 2. The van der Waals surface area contributed by atoms with Gasteiger partial charge in [0.2, 0.25) is 0 Å². The van der Waals surface area contributed by atoms with Crippen molar-refractivity contribution < 1.29 is 4.79 Å². The van der Waals surface area contributed by atoms with E-state index in [2.05, 4.69) is 10.4 Å². The fourth-order valence-corrected chi connectivity index (χ4v) is 1.98. The Hall–Kier alpha value is -2.11. The van der Waals surface area contributed by atoms with E-state index < -0.39 is 0 Å². The number of anilines is 1. The summed E-state index contributed by atoms with van der Waals surface area (Å²) in [4.78, 5) is 17.9. The highest BCUT2D eigenvalue weighted by atomic mass is 35.5. The molecule has 1 aromatic heterocycles. The van der Waals surface area contributed by atoms with E-state index in [-0.39, 0.29) is 5.91 Å². The van der Waals surface area contributed by atoms with Crippen molar-refractivity contribution >= 4 is 23.3 Å². The molecule has 0 fully saturated rings. The van der Waals surface area contributed by atoms with Gasteiger partial charge in [-0.05, 0) is 23.8 Å². The Bertz CT molecular complexity index is 600. The lowest BCUT2D eigenvalue weighted by Gasteiger charge is -2.18. The number of aromatic nitrogens is 1. The van der Waals surface area contributed by atoms with Crippen LogP contribution in [0.4, 0.5) is 5.82 Å². The van der Waals surface area contributed by atoms with E-state index in [1.54, 1.807) is 30.1 Å². The number of amides is 1. The van der Waals surface area contributed by atoms with E-state index in [4.69, 9.17) is 17.4 Å². The van der Waals surface area contributed by atoms with Crippen molar-refractivity contribution in [2.24, 2.45) is 5.84 Å². The number of hydrogen-bond acceptors (Lipinski definition) is 4. The summed E-state index contributed by atoms with van der Waals surface area (Å²) in [7, 11) is 1.72. The second-order valence-corrected chi connectivity index (χ2v) is 4.74. The highest BCUT2D eigenvalue weighted by Crippen LogP contribution is 2.17. The summed E-state index contributed by atoms with van der Waals surface area (Å²) in [5.41, 5.74) is 3.82. The molecule has 5 nitrogen and oxygen atoms in total. The predicted molar refractivity (Wildman–Crippen MR) is 79.3 cm³/mol. The number of pyridine rings is 1. The lowest BCUT2D eigenvalue weighted by atomic mass is 10.2. The SMILES string of the molecule is CN(Cc1ccccc1Cl)C(=O)c1ccc(NN)nc1. The zero-order valence-electron chi connectivity index (χ0n) is 11.0. The number of nitrogens with zero attached hydrogens (tertiary/aromatic N) is 2. The summed E-state index contributed by atoms with van der Waals surface area (Å²) < 4.78 is 0. The third-order valence-corrected chi connectivity index (χ3v) is 3.24. The van der Waals surface area contributed by atoms with Crippen LogP contribution in [-0.4, -0.2) is 22.8 Å². The molecule has 0 aliphatic heterocycles. The molecule has 2 rings (SSSR count). The Kier molecular flexibility index (Phi) is 4.55. The topological polar surface area (TPSA) is 71.2 Å². The minimum atomic E-state index is -0.124. The third kappa shape index (κ3) is 3.26. The number of rotatable bonds is 4. The molecule has 0 radical (unpaired) electrons. The largest absolute Gasteiger partial charge is 0.337 e. The molecular weight excluding hydrogens is 276 g/mol. The van der Waals surface area contributed by atoms with E-state index in [1.807, 2.05) is 18.2 Å². The monoisotopic (exact) mass is 290 g/mol. The van der Waals surface area contributed by atoms with Gasteiger partial charge in [-0.1, -0.05) is 29.8 Å². The molecule has 0 spiro atoms. The predicted octanol–water partition coefficient (Wildman–Crippen LogP) is 2.29. The van der Waals surface area contributed by atoms with Gasteiger partial charge in [0.25, 0.3) is 5.91 Å². The molecule has 0 aliphatic carbocycles. The fourth-order valence-electron chi connectivity index (χ4n) is 1.78. The summed E-state index contributed by atoms with van der Waals surface area (Å²) >= 11 is 6.09. The maximum Gasteiger partial charge on any atom is 0.255 e. The van der Waals surface area contributed by atoms with Crippen LogP contribution >= 0.6 is 11.6 Å². The highest BCUT2D eigenvalue weighted by Gasteiger charge is 2.13. The number of nitrogen functional groups attached to an aromatic ring is 1. The molecule has 0 unspecified atom stereocenters. The van der Waals surface area contributed by atoms with Gasteiger partial charge in [-0.3, -0.25) is 4.79 Å². The van der Waals surface area contributed by atoms with E-state index in [9.17, 15) is 4.79 Å². The Morgan fingerprint density at radius 3 is 2.70 bits per heavy atom. The van der Waals surface area contributed by atoms with Gasteiger partial charge >= 0.3 is 0 Å². The summed E-state index contributed by atoms with van der Waals surface area (Å²) in [6.07, 6.45) is 1.49. The number of benzene rings is 1. The first-order valence-corrected chi connectivity index (χ1v) is 6.41. The molecule has 20 heavy (non-hydrogen) atoms. The molecule has 104 valence electrons. The van der Waals surface area contributed by atoms with Gasteiger partial charge in [-0.2, -0.15) is 0 Å².